The van der Waals surface area contributed by atoms with Gasteiger partial charge in [-0.15, -0.1) is 0 Å². The summed E-state index contributed by atoms with van der Waals surface area (Å²) in [6.45, 7) is 4.01. The summed E-state index contributed by atoms with van der Waals surface area (Å²) in [7, 11) is 1.62. The summed E-state index contributed by atoms with van der Waals surface area (Å²) in [5.41, 5.74) is -2.11. The summed E-state index contributed by atoms with van der Waals surface area (Å²) in [4.78, 5) is 73.2. The number of nitrogens with zero attached hydrogens (tertiary/aromatic N) is 4. The van der Waals surface area contributed by atoms with Gasteiger partial charge in [-0.2, -0.15) is 0 Å². The number of likely N-dealkylation sites (tertiary alicyclic amines) is 1. The fourth-order valence-corrected chi connectivity index (χ4v) is 6.83. The van der Waals surface area contributed by atoms with Crippen LogP contribution in [0.5, 0.6) is 0 Å². The SMILES string of the molecule is CN(CC(CCN1CCC(N2CCCNC2=O)CC1)c1ccc(F)c(F)c1)C(=O)c1cc([N+](=O)[O-])cc2ccccc12.O=C(O)CC(O)(CC(=O)O)C(=O)O. The van der Waals surface area contributed by atoms with Crippen LogP contribution in [-0.4, -0.2) is 128 Å². The molecule has 3 aromatic carbocycles. The van der Waals surface area contributed by atoms with Crippen molar-refractivity contribution in [3.05, 3.63) is 87.5 Å². The number of likely N-dealkylation sites (N-methyl/N-ethyl adjacent to an activating group) is 1. The molecule has 16 nitrogen and oxygen atoms in total. The van der Waals surface area contributed by atoms with Crippen LogP contribution in [0.25, 0.3) is 10.8 Å². The number of hydrogen-bond acceptors (Lipinski definition) is 9. The summed E-state index contributed by atoms with van der Waals surface area (Å²) in [6.07, 6.45) is 0.972. The maximum absolute atomic E-state index is 14.3. The first-order valence-electron chi connectivity index (χ1n) is 17.5. The smallest absolute Gasteiger partial charge is 0.336 e. The lowest BCUT2D eigenvalue weighted by molar-refractivity contribution is -0.384. The highest BCUT2D eigenvalue weighted by molar-refractivity contribution is 6.08. The average molecular weight is 772 g/mol. The molecule has 0 radical (unpaired) electrons. The van der Waals surface area contributed by atoms with Crippen LogP contribution in [0.3, 0.4) is 0 Å². The molecule has 5 rings (SSSR count). The van der Waals surface area contributed by atoms with Crippen LogP contribution in [-0.2, 0) is 14.4 Å². The Kier molecular flexibility index (Phi) is 14.1. The summed E-state index contributed by atoms with van der Waals surface area (Å²) in [6, 6.07) is 13.8. The van der Waals surface area contributed by atoms with E-state index in [9.17, 15) is 42.9 Å². The van der Waals surface area contributed by atoms with Crippen molar-refractivity contribution >= 4 is 46.3 Å². The third-order valence-electron chi connectivity index (χ3n) is 9.73. The second-order valence-corrected chi connectivity index (χ2v) is 13.6. The maximum atomic E-state index is 14.3. The van der Waals surface area contributed by atoms with E-state index in [1.165, 1.54) is 23.1 Å². The van der Waals surface area contributed by atoms with Gasteiger partial charge in [-0.1, -0.05) is 30.3 Å². The monoisotopic (exact) mass is 771 g/mol. The Morgan fingerprint density at radius 3 is 2.22 bits per heavy atom. The number of benzene rings is 3. The van der Waals surface area contributed by atoms with E-state index in [2.05, 4.69) is 10.2 Å². The highest BCUT2D eigenvalue weighted by atomic mass is 19.2. The van der Waals surface area contributed by atoms with Gasteiger partial charge in [0.15, 0.2) is 17.2 Å². The van der Waals surface area contributed by atoms with Gasteiger partial charge in [0.05, 0.1) is 23.3 Å². The Hall–Kier alpha value is -5.75. The molecular formula is C37H43F2N5O11. The van der Waals surface area contributed by atoms with Crippen LogP contribution in [0.4, 0.5) is 19.3 Å². The number of non-ortho nitro benzene ring substituents is 1. The van der Waals surface area contributed by atoms with Crippen molar-refractivity contribution in [2.75, 3.05) is 46.3 Å². The summed E-state index contributed by atoms with van der Waals surface area (Å²) in [5.74, 6) is -7.59. The van der Waals surface area contributed by atoms with Crippen molar-refractivity contribution < 1.29 is 58.1 Å². The normalized spacial score (nSPS) is 15.7. The van der Waals surface area contributed by atoms with Gasteiger partial charge >= 0.3 is 23.9 Å². The first-order valence-corrected chi connectivity index (χ1v) is 17.5. The van der Waals surface area contributed by atoms with Gasteiger partial charge in [-0.25, -0.2) is 18.4 Å². The van der Waals surface area contributed by atoms with Crippen molar-refractivity contribution in [2.45, 2.75) is 56.1 Å². The molecular weight excluding hydrogens is 728 g/mol. The zero-order valence-electron chi connectivity index (χ0n) is 30.0. The molecule has 55 heavy (non-hydrogen) atoms. The van der Waals surface area contributed by atoms with E-state index < -0.39 is 52.9 Å². The van der Waals surface area contributed by atoms with Gasteiger partial charge in [0, 0.05) is 63.9 Å². The van der Waals surface area contributed by atoms with Crippen LogP contribution in [0.1, 0.15) is 60.4 Å². The quantitative estimate of drug-likeness (QED) is 0.116. The van der Waals surface area contributed by atoms with Crippen molar-refractivity contribution in [1.29, 1.82) is 0 Å². The van der Waals surface area contributed by atoms with E-state index in [0.29, 0.717) is 35.8 Å². The lowest BCUT2D eigenvalue weighted by atomic mass is 9.93. The number of nitrogens with one attached hydrogen (secondary N) is 1. The Bertz CT molecular complexity index is 1910. The number of hydrogen-bond donors (Lipinski definition) is 5. The molecule has 2 heterocycles. The number of carboxylic acids is 3. The summed E-state index contributed by atoms with van der Waals surface area (Å²) in [5, 5.41) is 49.5. The lowest BCUT2D eigenvalue weighted by Crippen LogP contribution is -2.54. The number of carbonyl (C=O) groups is 5. The number of rotatable bonds is 14. The molecule has 2 aliphatic heterocycles. The number of aliphatic hydroxyl groups is 1. The molecule has 1 unspecified atom stereocenters. The molecule has 2 fully saturated rings. The zero-order chi connectivity index (χ0) is 40.4. The standard InChI is InChI=1S/C31H35F2N5O4.C6H8O7/c1-35(30(39)27-19-25(38(41)42)17-22-5-2-3-6-26(22)27)20-23(21-7-8-28(32)29(33)18-21)9-14-36-15-10-24(11-16-36)37-13-4-12-34-31(37)40;7-3(8)1-6(13,5(11)12)2-4(9)10/h2-3,5-8,17-19,23-24H,4,9-16,20H2,1H3,(H,34,40);13H,1-2H2,(H,7,8)(H,9,10)(H,11,12). The van der Waals surface area contributed by atoms with Gasteiger partial charge in [0.25, 0.3) is 11.6 Å². The average Bonchev–Trinajstić information content (AvgIpc) is 3.13. The van der Waals surface area contributed by atoms with E-state index in [-0.39, 0.29) is 41.7 Å². The topological polar surface area (TPSA) is 231 Å². The number of carboxylic acid groups (broad SMARTS) is 3. The van der Waals surface area contributed by atoms with Crippen LogP contribution < -0.4 is 5.32 Å². The first kappa shape index (κ1) is 42.0. The lowest BCUT2D eigenvalue weighted by Gasteiger charge is -2.40. The van der Waals surface area contributed by atoms with E-state index in [0.717, 1.165) is 45.0 Å². The number of fused-ring (bicyclic) bond motifs is 1. The molecule has 1 atom stereocenters. The number of nitro groups is 1. The fraction of sp³-hybridized carbons (Fsp3) is 0.432. The number of amides is 3. The predicted molar refractivity (Wildman–Crippen MR) is 193 cm³/mol. The molecule has 2 saturated heterocycles. The molecule has 18 heteroatoms. The first-order chi connectivity index (χ1) is 26.0. The van der Waals surface area contributed by atoms with Crippen LogP contribution in [0.2, 0.25) is 0 Å². The van der Waals surface area contributed by atoms with Crippen molar-refractivity contribution in [3.63, 3.8) is 0 Å². The molecule has 0 spiro atoms. The Morgan fingerprint density at radius 2 is 1.64 bits per heavy atom. The highest BCUT2D eigenvalue weighted by Crippen LogP contribution is 2.29. The van der Waals surface area contributed by atoms with Crippen molar-refractivity contribution in [2.24, 2.45) is 0 Å². The molecule has 2 aliphatic rings. The van der Waals surface area contributed by atoms with Gasteiger partial charge in [0.2, 0.25) is 0 Å². The number of carbonyl (C=O) groups excluding carboxylic acids is 2. The van der Waals surface area contributed by atoms with E-state index >= 15 is 0 Å². The van der Waals surface area contributed by atoms with E-state index in [1.807, 2.05) is 4.90 Å². The van der Waals surface area contributed by atoms with Crippen LogP contribution in [0.15, 0.2) is 54.6 Å². The molecule has 0 aliphatic carbocycles. The molecule has 0 aromatic heterocycles. The molecule has 0 saturated carbocycles. The molecule has 3 amide bonds. The minimum absolute atomic E-state index is 0.00216. The molecule has 3 aromatic rings. The Balaban J connectivity index is 0.000000444. The Labute approximate surface area is 314 Å². The van der Waals surface area contributed by atoms with E-state index in [1.54, 1.807) is 37.4 Å². The van der Waals surface area contributed by atoms with E-state index in [4.69, 9.17) is 20.4 Å². The molecule has 5 N–H and O–H groups in total. The van der Waals surface area contributed by atoms with Crippen molar-refractivity contribution in [3.8, 4) is 0 Å². The minimum Gasteiger partial charge on any atom is -0.481 e. The van der Waals surface area contributed by atoms with Crippen LogP contribution >= 0.6 is 0 Å². The van der Waals surface area contributed by atoms with Gasteiger partial charge < -0.3 is 40.4 Å². The minimum atomic E-state index is -2.74. The number of piperidine rings is 1. The molecule has 296 valence electrons. The third kappa shape index (κ3) is 11.1. The third-order valence-corrected chi connectivity index (χ3v) is 9.73. The number of urea groups is 1. The van der Waals surface area contributed by atoms with Gasteiger partial charge in [-0.3, -0.25) is 24.5 Å². The predicted octanol–water partition coefficient (Wildman–Crippen LogP) is 3.90. The number of nitro benzene ring substituents is 1. The molecule has 0 bridgehead atoms. The fourth-order valence-electron chi connectivity index (χ4n) is 6.83. The Morgan fingerprint density at radius 1 is 0.982 bits per heavy atom. The number of aliphatic carboxylic acids is 3. The van der Waals surface area contributed by atoms with Gasteiger partial charge in [0.1, 0.15) is 0 Å². The largest absolute Gasteiger partial charge is 0.481 e. The van der Waals surface area contributed by atoms with Crippen LogP contribution in [0, 0.1) is 21.7 Å². The highest BCUT2D eigenvalue weighted by Gasteiger charge is 2.41. The maximum Gasteiger partial charge on any atom is 0.336 e. The van der Waals surface area contributed by atoms with Gasteiger partial charge in [-0.05, 0) is 60.7 Å². The zero-order valence-corrected chi connectivity index (χ0v) is 30.0. The second-order valence-electron chi connectivity index (χ2n) is 13.6. The number of halogens is 2. The summed E-state index contributed by atoms with van der Waals surface area (Å²) >= 11 is 0. The summed E-state index contributed by atoms with van der Waals surface area (Å²) < 4.78 is 28.1. The second kappa shape index (κ2) is 18.5. The van der Waals surface area contributed by atoms with Crippen molar-refractivity contribution in [1.82, 2.24) is 20.0 Å².